The van der Waals surface area contributed by atoms with Gasteiger partial charge in [-0.15, -0.1) is 0 Å². The first-order valence-corrected chi connectivity index (χ1v) is 7.72. The zero-order valence-corrected chi connectivity index (χ0v) is 12.3. The standard InChI is InChI=1S/C16H25N3O/c1-2-3-4-5-11-19-12-10-18-16(20)13-15(19)14-6-8-17-9-7-14/h6-9,15H,2-5,10-13H2,1H3,(H,18,20). The van der Waals surface area contributed by atoms with Crippen LogP contribution in [0.2, 0.25) is 0 Å². The minimum absolute atomic E-state index is 0.155. The van der Waals surface area contributed by atoms with E-state index in [4.69, 9.17) is 0 Å². The number of hydrogen-bond acceptors (Lipinski definition) is 3. The molecule has 1 N–H and O–H groups in total. The summed E-state index contributed by atoms with van der Waals surface area (Å²) in [7, 11) is 0. The van der Waals surface area contributed by atoms with Crippen LogP contribution in [-0.2, 0) is 4.79 Å². The molecule has 0 saturated carbocycles. The van der Waals surface area contributed by atoms with Crippen molar-refractivity contribution in [3.8, 4) is 0 Å². The zero-order chi connectivity index (χ0) is 14.2. The Balaban J connectivity index is 2.02. The van der Waals surface area contributed by atoms with Crippen molar-refractivity contribution in [2.75, 3.05) is 19.6 Å². The fourth-order valence-corrected chi connectivity index (χ4v) is 2.80. The maximum absolute atomic E-state index is 11.8. The van der Waals surface area contributed by atoms with Crippen molar-refractivity contribution in [3.05, 3.63) is 30.1 Å². The van der Waals surface area contributed by atoms with Crippen LogP contribution >= 0.6 is 0 Å². The van der Waals surface area contributed by atoms with Gasteiger partial charge in [-0.1, -0.05) is 26.2 Å². The van der Waals surface area contributed by atoms with Gasteiger partial charge in [0.1, 0.15) is 0 Å². The second-order valence-corrected chi connectivity index (χ2v) is 5.45. The number of amides is 1. The molecule has 2 heterocycles. The molecule has 1 aromatic rings. The number of hydrogen-bond donors (Lipinski definition) is 1. The lowest BCUT2D eigenvalue weighted by Gasteiger charge is -2.29. The smallest absolute Gasteiger partial charge is 0.221 e. The molecule has 1 aromatic heterocycles. The van der Waals surface area contributed by atoms with Gasteiger partial charge in [0.25, 0.3) is 0 Å². The largest absolute Gasteiger partial charge is 0.355 e. The van der Waals surface area contributed by atoms with Gasteiger partial charge in [0.2, 0.25) is 5.91 Å². The Bertz CT molecular complexity index is 407. The Hall–Kier alpha value is -1.42. The number of pyridine rings is 1. The fourth-order valence-electron chi connectivity index (χ4n) is 2.80. The summed E-state index contributed by atoms with van der Waals surface area (Å²) in [4.78, 5) is 18.4. The molecule has 1 amide bonds. The summed E-state index contributed by atoms with van der Waals surface area (Å²) in [5, 5.41) is 2.98. The second-order valence-electron chi connectivity index (χ2n) is 5.45. The Labute approximate surface area is 121 Å². The van der Waals surface area contributed by atoms with Gasteiger partial charge in [-0.25, -0.2) is 0 Å². The number of rotatable bonds is 6. The summed E-state index contributed by atoms with van der Waals surface area (Å²) < 4.78 is 0. The lowest BCUT2D eigenvalue weighted by molar-refractivity contribution is -0.121. The van der Waals surface area contributed by atoms with Crippen LogP contribution in [0.5, 0.6) is 0 Å². The van der Waals surface area contributed by atoms with Gasteiger partial charge in [-0.2, -0.15) is 0 Å². The third-order valence-corrected chi connectivity index (χ3v) is 3.93. The lowest BCUT2D eigenvalue weighted by Crippen LogP contribution is -2.31. The average Bonchev–Trinajstić information content (AvgIpc) is 2.66. The number of carbonyl (C=O) groups is 1. The van der Waals surface area contributed by atoms with E-state index < -0.39 is 0 Å². The van der Waals surface area contributed by atoms with E-state index in [0.717, 1.165) is 19.6 Å². The number of carbonyl (C=O) groups excluding carboxylic acids is 1. The molecule has 1 aliphatic heterocycles. The van der Waals surface area contributed by atoms with E-state index in [1.807, 2.05) is 24.5 Å². The summed E-state index contributed by atoms with van der Waals surface area (Å²) in [5.74, 6) is 0.155. The van der Waals surface area contributed by atoms with E-state index in [0.29, 0.717) is 6.42 Å². The quantitative estimate of drug-likeness (QED) is 0.811. The first-order valence-electron chi connectivity index (χ1n) is 7.72. The third-order valence-electron chi connectivity index (χ3n) is 3.93. The molecule has 20 heavy (non-hydrogen) atoms. The highest BCUT2D eigenvalue weighted by molar-refractivity contribution is 5.77. The van der Waals surface area contributed by atoms with Crippen LogP contribution in [0, 0.1) is 0 Å². The van der Waals surface area contributed by atoms with E-state index in [-0.39, 0.29) is 11.9 Å². The predicted octanol–water partition coefficient (Wildman–Crippen LogP) is 2.52. The summed E-state index contributed by atoms with van der Waals surface area (Å²) >= 11 is 0. The number of nitrogens with zero attached hydrogens (tertiary/aromatic N) is 2. The average molecular weight is 275 g/mol. The molecule has 1 fully saturated rings. The molecule has 1 aliphatic rings. The van der Waals surface area contributed by atoms with Crippen molar-refractivity contribution in [3.63, 3.8) is 0 Å². The molecule has 0 spiro atoms. The van der Waals surface area contributed by atoms with Crippen LogP contribution < -0.4 is 5.32 Å². The third kappa shape index (κ3) is 4.30. The molecule has 110 valence electrons. The van der Waals surface area contributed by atoms with E-state index in [1.54, 1.807) is 0 Å². The van der Waals surface area contributed by atoms with Gasteiger partial charge in [0, 0.05) is 37.9 Å². The number of nitrogens with one attached hydrogen (secondary N) is 1. The van der Waals surface area contributed by atoms with Gasteiger partial charge >= 0.3 is 0 Å². The Kier molecular flexibility index (Phi) is 5.99. The fraction of sp³-hybridized carbons (Fsp3) is 0.625. The molecule has 4 nitrogen and oxygen atoms in total. The highest BCUT2D eigenvalue weighted by atomic mass is 16.1. The molecule has 1 atom stereocenters. The van der Waals surface area contributed by atoms with Gasteiger partial charge in [-0.3, -0.25) is 14.7 Å². The molecular formula is C16H25N3O. The zero-order valence-electron chi connectivity index (χ0n) is 12.3. The highest BCUT2D eigenvalue weighted by Crippen LogP contribution is 2.25. The Morgan fingerprint density at radius 2 is 2.10 bits per heavy atom. The topological polar surface area (TPSA) is 45.2 Å². The molecule has 4 heteroatoms. The minimum Gasteiger partial charge on any atom is -0.355 e. The number of unbranched alkanes of at least 4 members (excludes halogenated alkanes) is 3. The van der Waals surface area contributed by atoms with Gasteiger partial charge < -0.3 is 5.32 Å². The first-order chi connectivity index (χ1) is 9.81. The normalized spacial score (nSPS) is 20.4. The van der Waals surface area contributed by atoms with Crippen LogP contribution in [0.4, 0.5) is 0 Å². The molecule has 1 saturated heterocycles. The maximum Gasteiger partial charge on any atom is 0.221 e. The summed E-state index contributed by atoms with van der Waals surface area (Å²) in [6.07, 6.45) is 9.22. The lowest BCUT2D eigenvalue weighted by atomic mass is 10.0. The summed E-state index contributed by atoms with van der Waals surface area (Å²) in [6.45, 7) is 5.00. The van der Waals surface area contributed by atoms with Crippen LogP contribution in [0.25, 0.3) is 0 Å². The van der Waals surface area contributed by atoms with Crippen LogP contribution in [0.3, 0.4) is 0 Å². The van der Waals surface area contributed by atoms with Gasteiger partial charge in [0.15, 0.2) is 0 Å². The molecule has 0 aliphatic carbocycles. The Morgan fingerprint density at radius 3 is 2.85 bits per heavy atom. The predicted molar refractivity (Wildman–Crippen MR) is 80.3 cm³/mol. The second kappa shape index (κ2) is 8.00. The van der Waals surface area contributed by atoms with E-state index in [2.05, 4.69) is 22.1 Å². The van der Waals surface area contributed by atoms with E-state index >= 15 is 0 Å². The van der Waals surface area contributed by atoms with Crippen molar-refractivity contribution in [2.45, 2.75) is 45.1 Å². The van der Waals surface area contributed by atoms with Crippen LogP contribution in [0.1, 0.15) is 50.6 Å². The van der Waals surface area contributed by atoms with Crippen molar-refractivity contribution >= 4 is 5.91 Å². The molecule has 0 aromatic carbocycles. The summed E-state index contributed by atoms with van der Waals surface area (Å²) in [5.41, 5.74) is 1.20. The van der Waals surface area contributed by atoms with E-state index in [9.17, 15) is 4.79 Å². The minimum atomic E-state index is 0.155. The van der Waals surface area contributed by atoms with Crippen molar-refractivity contribution < 1.29 is 4.79 Å². The van der Waals surface area contributed by atoms with Crippen molar-refractivity contribution in [1.29, 1.82) is 0 Å². The molecule has 0 bridgehead atoms. The van der Waals surface area contributed by atoms with Crippen molar-refractivity contribution in [1.82, 2.24) is 15.2 Å². The van der Waals surface area contributed by atoms with Gasteiger partial charge in [0.05, 0.1) is 0 Å². The first kappa shape index (κ1) is 15.0. The Morgan fingerprint density at radius 1 is 1.30 bits per heavy atom. The SMILES string of the molecule is CCCCCCN1CCNC(=O)CC1c1ccncc1. The number of aromatic nitrogens is 1. The molecule has 0 radical (unpaired) electrons. The summed E-state index contributed by atoms with van der Waals surface area (Å²) in [6, 6.07) is 4.26. The van der Waals surface area contributed by atoms with Gasteiger partial charge in [-0.05, 0) is 30.7 Å². The molecular weight excluding hydrogens is 250 g/mol. The van der Waals surface area contributed by atoms with Crippen LogP contribution in [-0.4, -0.2) is 35.4 Å². The van der Waals surface area contributed by atoms with Crippen LogP contribution in [0.15, 0.2) is 24.5 Å². The maximum atomic E-state index is 11.8. The monoisotopic (exact) mass is 275 g/mol. The van der Waals surface area contributed by atoms with E-state index in [1.165, 1.54) is 31.2 Å². The molecule has 2 rings (SSSR count). The highest BCUT2D eigenvalue weighted by Gasteiger charge is 2.25. The molecule has 1 unspecified atom stereocenters. The van der Waals surface area contributed by atoms with Crippen molar-refractivity contribution in [2.24, 2.45) is 0 Å².